The number of hydrogen-bond donors (Lipinski definition) is 1. The lowest BCUT2D eigenvalue weighted by atomic mass is 10.1. The number of hydrogen-bond acceptors (Lipinski definition) is 2. The van der Waals surface area contributed by atoms with Gasteiger partial charge >= 0.3 is 0 Å². The molecule has 0 aromatic carbocycles. The van der Waals surface area contributed by atoms with Gasteiger partial charge in [0.05, 0.1) is 6.10 Å². The molecule has 0 aliphatic heterocycles. The Morgan fingerprint density at radius 3 is 2.50 bits per heavy atom. The van der Waals surface area contributed by atoms with Gasteiger partial charge in [-0.3, -0.25) is 0 Å². The number of aliphatic hydroxyl groups excluding tert-OH is 1. The summed E-state index contributed by atoms with van der Waals surface area (Å²) in [4.78, 5) is 0. The Labute approximate surface area is 75.9 Å². The molecule has 0 saturated heterocycles. The molecule has 0 aliphatic rings. The van der Waals surface area contributed by atoms with Crippen LogP contribution >= 0.6 is 0 Å². The largest absolute Gasteiger partial charge is 0.393 e. The second kappa shape index (κ2) is 7.56. The molecule has 0 radical (unpaired) electrons. The summed E-state index contributed by atoms with van der Waals surface area (Å²) in [5, 5.41) is 9.21. The van der Waals surface area contributed by atoms with Crippen LogP contribution < -0.4 is 0 Å². The van der Waals surface area contributed by atoms with E-state index >= 15 is 0 Å². The normalized spacial score (nSPS) is 13.8. The fraction of sp³-hybridized carbons (Fsp3) is 1.00. The lowest BCUT2D eigenvalue weighted by Crippen LogP contribution is -2.08. The van der Waals surface area contributed by atoms with Crippen LogP contribution in [-0.2, 0) is 4.74 Å². The lowest BCUT2D eigenvalue weighted by molar-refractivity contribution is 0.0896. The maximum atomic E-state index is 9.21. The first-order valence-electron chi connectivity index (χ1n) is 4.92. The van der Waals surface area contributed by atoms with Crippen LogP contribution in [0.1, 0.15) is 40.0 Å². The van der Waals surface area contributed by atoms with E-state index < -0.39 is 0 Å². The summed E-state index contributed by atoms with van der Waals surface area (Å²) >= 11 is 0. The van der Waals surface area contributed by atoms with Crippen LogP contribution in [0.5, 0.6) is 0 Å². The first kappa shape index (κ1) is 11.9. The molecule has 0 saturated carbocycles. The van der Waals surface area contributed by atoms with E-state index in [2.05, 4.69) is 13.8 Å². The maximum Gasteiger partial charge on any atom is 0.0538 e. The molecule has 0 heterocycles. The maximum absolute atomic E-state index is 9.21. The Balaban J connectivity index is 3.00. The molecular formula is C10H22O2. The average molecular weight is 174 g/mol. The van der Waals surface area contributed by atoms with Crippen LogP contribution in [0.15, 0.2) is 0 Å². The summed E-state index contributed by atoms with van der Waals surface area (Å²) in [6.45, 7) is 7.90. The third-order valence-corrected chi connectivity index (χ3v) is 1.75. The molecule has 1 N–H and O–H groups in total. The second-order valence-corrected chi connectivity index (χ2v) is 3.67. The summed E-state index contributed by atoms with van der Waals surface area (Å²) in [5.74, 6) is 0.612. The van der Waals surface area contributed by atoms with Crippen molar-refractivity contribution in [2.45, 2.75) is 46.1 Å². The van der Waals surface area contributed by atoms with Gasteiger partial charge in [-0.25, -0.2) is 0 Å². The van der Waals surface area contributed by atoms with Crippen molar-refractivity contribution in [3.05, 3.63) is 0 Å². The van der Waals surface area contributed by atoms with Crippen LogP contribution in [0.2, 0.25) is 0 Å². The molecule has 0 aromatic rings. The van der Waals surface area contributed by atoms with Gasteiger partial charge in [0.2, 0.25) is 0 Å². The zero-order valence-electron chi connectivity index (χ0n) is 8.55. The van der Waals surface area contributed by atoms with Crippen LogP contribution in [0.3, 0.4) is 0 Å². The molecule has 74 valence electrons. The highest BCUT2D eigenvalue weighted by molar-refractivity contribution is 4.51. The molecule has 2 nitrogen and oxygen atoms in total. The Morgan fingerprint density at radius 2 is 2.00 bits per heavy atom. The predicted molar refractivity (Wildman–Crippen MR) is 51.2 cm³/mol. The van der Waals surface area contributed by atoms with Gasteiger partial charge < -0.3 is 9.84 Å². The monoisotopic (exact) mass is 174 g/mol. The quantitative estimate of drug-likeness (QED) is 0.600. The molecule has 0 rings (SSSR count). The minimum atomic E-state index is -0.132. The van der Waals surface area contributed by atoms with Crippen LogP contribution in [-0.4, -0.2) is 24.4 Å². The predicted octanol–water partition coefficient (Wildman–Crippen LogP) is 2.21. The van der Waals surface area contributed by atoms with E-state index in [1.54, 1.807) is 0 Å². The van der Waals surface area contributed by atoms with Crippen molar-refractivity contribution in [1.82, 2.24) is 0 Å². The van der Waals surface area contributed by atoms with E-state index in [1.807, 2.05) is 6.92 Å². The molecule has 1 atom stereocenters. The molecule has 0 spiro atoms. The van der Waals surface area contributed by atoms with Gasteiger partial charge in [0, 0.05) is 13.2 Å². The van der Waals surface area contributed by atoms with E-state index in [4.69, 9.17) is 4.74 Å². The molecule has 0 bridgehead atoms. The van der Waals surface area contributed by atoms with Gasteiger partial charge in [0.25, 0.3) is 0 Å². The Kier molecular flexibility index (Phi) is 7.51. The van der Waals surface area contributed by atoms with Gasteiger partial charge in [-0.1, -0.05) is 20.8 Å². The van der Waals surface area contributed by atoms with Gasteiger partial charge in [0.1, 0.15) is 0 Å². The van der Waals surface area contributed by atoms with Gasteiger partial charge in [-0.2, -0.15) is 0 Å². The molecule has 2 heteroatoms. The summed E-state index contributed by atoms with van der Waals surface area (Å²) < 4.78 is 5.38. The van der Waals surface area contributed by atoms with Crippen LogP contribution in [0.4, 0.5) is 0 Å². The smallest absolute Gasteiger partial charge is 0.0538 e. The van der Waals surface area contributed by atoms with Crippen LogP contribution in [0.25, 0.3) is 0 Å². The van der Waals surface area contributed by atoms with E-state index in [9.17, 15) is 5.11 Å². The third kappa shape index (κ3) is 8.02. The van der Waals surface area contributed by atoms with Crippen molar-refractivity contribution >= 4 is 0 Å². The Bertz CT molecular complexity index is 91.8. The van der Waals surface area contributed by atoms with Gasteiger partial charge in [-0.15, -0.1) is 0 Å². The van der Waals surface area contributed by atoms with Crippen molar-refractivity contribution in [3.8, 4) is 0 Å². The summed E-state index contributed by atoms with van der Waals surface area (Å²) in [6.07, 6.45) is 2.56. The summed E-state index contributed by atoms with van der Waals surface area (Å²) in [7, 11) is 0. The average Bonchev–Trinajstić information content (AvgIpc) is 2.03. The number of rotatable bonds is 7. The molecule has 0 fully saturated rings. The first-order chi connectivity index (χ1) is 5.66. The molecule has 0 amide bonds. The zero-order valence-corrected chi connectivity index (χ0v) is 8.55. The van der Waals surface area contributed by atoms with Gasteiger partial charge in [-0.05, 0) is 25.2 Å². The Hall–Kier alpha value is -0.0800. The lowest BCUT2D eigenvalue weighted by Gasteiger charge is -2.08. The number of aliphatic hydroxyl groups is 1. The highest BCUT2D eigenvalue weighted by Gasteiger charge is 1.99. The highest BCUT2D eigenvalue weighted by Crippen LogP contribution is 2.01. The fourth-order valence-electron chi connectivity index (χ4n) is 0.944. The molecule has 0 aromatic heterocycles. The Morgan fingerprint density at radius 1 is 1.33 bits per heavy atom. The van der Waals surface area contributed by atoms with Crippen molar-refractivity contribution in [2.24, 2.45) is 5.92 Å². The molecule has 0 aliphatic carbocycles. The van der Waals surface area contributed by atoms with Crippen molar-refractivity contribution in [1.29, 1.82) is 0 Å². The fourth-order valence-corrected chi connectivity index (χ4v) is 0.944. The van der Waals surface area contributed by atoms with Crippen LogP contribution in [0, 0.1) is 5.92 Å². The molecular weight excluding hydrogens is 152 g/mol. The minimum Gasteiger partial charge on any atom is -0.393 e. The minimum absolute atomic E-state index is 0.132. The van der Waals surface area contributed by atoms with Crippen molar-refractivity contribution in [3.63, 3.8) is 0 Å². The van der Waals surface area contributed by atoms with Gasteiger partial charge in [0.15, 0.2) is 0 Å². The van der Waals surface area contributed by atoms with E-state index in [0.717, 1.165) is 32.5 Å². The SMILES string of the molecule is CCC(O)CCCOCC(C)C. The van der Waals surface area contributed by atoms with E-state index in [-0.39, 0.29) is 6.10 Å². The topological polar surface area (TPSA) is 29.5 Å². The standard InChI is InChI=1S/C10H22O2/c1-4-10(11)6-5-7-12-8-9(2)3/h9-11H,4-8H2,1-3H3. The zero-order chi connectivity index (χ0) is 9.40. The van der Waals surface area contributed by atoms with E-state index in [0.29, 0.717) is 5.92 Å². The van der Waals surface area contributed by atoms with Crippen molar-refractivity contribution in [2.75, 3.05) is 13.2 Å². The first-order valence-corrected chi connectivity index (χ1v) is 4.92. The summed E-state index contributed by atoms with van der Waals surface area (Å²) in [6, 6.07) is 0. The number of ether oxygens (including phenoxy) is 1. The summed E-state index contributed by atoms with van der Waals surface area (Å²) in [5.41, 5.74) is 0. The third-order valence-electron chi connectivity index (χ3n) is 1.75. The molecule has 12 heavy (non-hydrogen) atoms. The van der Waals surface area contributed by atoms with Crippen molar-refractivity contribution < 1.29 is 9.84 Å². The highest BCUT2D eigenvalue weighted by atomic mass is 16.5. The van der Waals surface area contributed by atoms with E-state index in [1.165, 1.54) is 0 Å². The second-order valence-electron chi connectivity index (χ2n) is 3.67. The molecule has 1 unspecified atom stereocenters.